The highest BCUT2D eigenvalue weighted by molar-refractivity contribution is 9.10. The molecule has 2 atom stereocenters. The Bertz CT molecular complexity index is 362. The molecule has 0 radical (unpaired) electrons. The predicted octanol–water partition coefficient (Wildman–Crippen LogP) is 3.69. The fourth-order valence-corrected chi connectivity index (χ4v) is 2.79. The van der Waals surface area contributed by atoms with Crippen LogP contribution in [0.5, 0.6) is 0 Å². The maximum Gasteiger partial charge on any atom is 0.0178 e. The van der Waals surface area contributed by atoms with Gasteiger partial charge in [-0.15, -0.1) is 0 Å². The molecular formula is C14H20BrN. The Balaban J connectivity index is 2.03. The molecule has 0 aliphatic heterocycles. The molecule has 1 aliphatic rings. The van der Waals surface area contributed by atoms with Crippen LogP contribution in [-0.4, -0.2) is 12.1 Å². The fourth-order valence-electron chi connectivity index (χ4n) is 2.39. The summed E-state index contributed by atoms with van der Waals surface area (Å²) in [6.45, 7) is 4.52. The first-order valence-electron chi connectivity index (χ1n) is 6.22. The lowest BCUT2D eigenvalue weighted by molar-refractivity contribution is 0.401. The van der Waals surface area contributed by atoms with Crippen molar-refractivity contribution in [2.24, 2.45) is 0 Å². The first-order chi connectivity index (χ1) is 7.69. The Labute approximate surface area is 107 Å². The molecule has 0 amide bonds. The molecule has 1 nitrogen and oxygen atoms in total. The summed E-state index contributed by atoms with van der Waals surface area (Å²) < 4.78 is 1.21. The van der Waals surface area contributed by atoms with Gasteiger partial charge in [0.15, 0.2) is 0 Å². The van der Waals surface area contributed by atoms with Gasteiger partial charge in [-0.05, 0) is 55.9 Å². The van der Waals surface area contributed by atoms with E-state index in [2.05, 4.69) is 53.3 Å². The number of hydrogen-bond acceptors (Lipinski definition) is 1. The van der Waals surface area contributed by atoms with Crippen LogP contribution >= 0.6 is 15.9 Å². The zero-order valence-corrected chi connectivity index (χ0v) is 11.7. The summed E-state index contributed by atoms with van der Waals surface area (Å²) in [4.78, 5) is 0. The van der Waals surface area contributed by atoms with Crippen LogP contribution in [-0.2, 0) is 12.8 Å². The Morgan fingerprint density at radius 3 is 3.00 bits per heavy atom. The van der Waals surface area contributed by atoms with Crippen molar-refractivity contribution in [3.63, 3.8) is 0 Å². The normalized spacial score (nSPS) is 21.6. The summed E-state index contributed by atoms with van der Waals surface area (Å²) >= 11 is 3.54. The Kier molecular flexibility index (Phi) is 4.04. The summed E-state index contributed by atoms with van der Waals surface area (Å²) in [5.41, 5.74) is 3.05. The van der Waals surface area contributed by atoms with Crippen LogP contribution in [0, 0.1) is 0 Å². The van der Waals surface area contributed by atoms with E-state index in [4.69, 9.17) is 0 Å². The second kappa shape index (κ2) is 5.33. The lowest BCUT2D eigenvalue weighted by Gasteiger charge is -2.28. The number of nitrogens with one attached hydrogen (secondary N) is 1. The van der Waals surface area contributed by atoms with Gasteiger partial charge in [0, 0.05) is 16.6 Å². The van der Waals surface area contributed by atoms with Crippen molar-refractivity contribution in [2.45, 2.75) is 51.6 Å². The van der Waals surface area contributed by atoms with Crippen molar-refractivity contribution >= 4 is 15.9 Å². The SMILES string of the molecule is CCC(C)NC1CCc2cc(Br)ccc2C1. The molecule has 88 valence electrons. The number of halogens is 1. The van der Waals surface area contributed by atoms with Gasteiger partial charge in [-0.25, -0.2) is 0 Å². The third-order valence-corrected chi connectivity index (χ3v) is 4.02. The van der Waals surface area contributed by atoms with Crippen molar-refractivity contribution in [1.82, 2.24) is 5.32 Å². The van der Waals surface area contributed by atoms with E-state index in [1.165, 1.54) is 41.3 Å². The molecule has 16 heavy (non-hydrogen) atoms. The van der Waals surface area contributed by atoms with Gasteiger partial charge < -0.3 is 5.32 Å². The minimum absolute atomic E-state index is 0.641. The minimum atomic E-state index is 0.641. The smallest absolute Gasteiger partial charge is 0.0178 e. The number of hydrogen-bond donors (Lipinski definition) is 1. The van der Waals surface area contributed by atoms with Gasteiger partial charge >= 0.3 is 0 Å². The first-order valence-corrected chi connectivity index (χ1v) is 7.01. The molecule has 0 heterocycles. The van der Waals surface area contributed by atoms with Crippen LogP contribution in [0.3, 0.4) is 0 Å². The second-order valence-electron chi connectivity index (χ2n) is 4.83. The van der Waals surface area contributed by atoms with Crippen molar-refractivity contribution in [2.75, 3.05) is 0 Å². The standard InChI is InChI=1S/C14H20BrN/c1-3-10(2)16-14-7-5-11-8-13(15)6-4-12(11)9-14/h4,6,8,10,14,16H,3,5,7,9H2,1-2H3. The van der Waals surface area contributed by atoms with Gasteiger partial charge in [-0.1, -0.05) is 28.9 Å². The maximum absolute atomic E-state index is 3.71. The highest BCUT2D eigenvalue weighted by Gasteiger charge is 2.19. The van der Waals surface area contributed by atoms with Gasteiger partial charge in [0.05, 0.1) is 0 Å². The van der Waals surface area contributed by atoms with Crippen LogP contribution in [0.2, 0.25) is 0 Å². The number of rotatable bonds is 3. The van der Waals surface area contributed by atoms with Crippen LogP contribution in [0.15, 0.2) is 22.7 Å². The van der Waals surface area contributed by atoms with Crippen LogP contribution < -0.4 is 5.32 Å². The van der Waals surface area contributed by atoms with Gasteiger partial charge in [0.1, 0.15) is 0 Å². The van der Waals surface area contributed by atoms with Crippen molar-refractivity contribution in [3.05, 3.63) is 33.8 Å². The minimum Gasteiger partial charge on any atom is -0.311 e. The van der Waals surface area contributed by atoms with Crippen molar-refractivity contribution in [3.8, 4) is 0 Å². The molecule has 2 rings (SSSR count). The second-order valence-corrected chi connectivity index (χ2v) is 5.74. The highest BCUT2D eigenvalue weighted by Crippen LogP contribution is 2.25. The molecule has 0 aromatic heterocycles. The van der Waals surface area contributed by atoms with Gasteiger partial charge in [0.25, 0.3) is 0 Å². The first kappa shape index (κ1) is 12.1. The molecule has 1 aromatic rings. The number of aryl methyl sites for hydroxylation is 1. The van der Waals surface area contributed by atoms with E-state index in [1.54, 1.807) is 0 Å². The van der Waals surface area contributed by atoms with Crippen LogP contribution in [0.25, 0.3) is 0 Å². The van der Waals surface area contributed by atoms with E-state index in [-0.39, 0.29) is 0 Å². The average molecular weight is 282 g/mol. The molecule has 1 aromatic carbocycles. The van der Waals surface area contributed by atoms with Crippen LogP contribution in [0.1, 0.15) is 37.8 Å². The molecule has 1 aliphatic carbocycles. The molecule has 1 N–H and O–H groups in total. The van der Waals surface area contributed by atoms with E-state index in [1.807, 2.05) is 0 Å². The van der Waals surface area contributed by atoms with Crippen LogP contribution in [0.4, 0.5) is 0 Å². The summed E-state index contributed by atoms with van der Waals surface area (Å²) in [5.74, 6) is 0. The van der Waals surface area contributed by atoms with E-state index in [9.17, 15) is 0 Å². The number of benzene rings is 1. The van der Waals surface area contributed by atoms with Gasteiger partial charge in [0.2, 0.25) is 0 Å². The Morgan fingerprint density at radius 2 is 2.25 bits per heavy atom. The molecular weight excluding hydrogens is 262 g/mol. The van der Waals surface area contributed by atoms with E-state index < -0.39 is 0 Å². The summed E-state index contributed by atoms with van der Waals surface area (Å²) in [5, 5.41) is 3.71. The van der Waals surface area contributed by atoms with Crippen molar-refractivity contribution < 1.29 is 0 Å². The third kappa shape index (κ3) is 2.86. The Hall–Kier alpha value is -0.340. The lowest BCUT2D eigenvalue weighted by atomic mass is 9.88. The summed E-state index contributed by atoms with van der Waals surface area (Å²) in [6, 6.07) is 8.01. The molecule has 0 fully saturated rings. The molecule has 0 saturated carbocycles. The van der Waals surface area contributed by atoms with E-state index in [0.717, 1.165) is 0 Å². The van der Waals surface area contributed by atoms with Crippen molar-refractivity contribution in [1.29, 1.82) is 0 Å². The fraction of sp³-hybridized carbons (Fsp3) is 0.571. The van der Waals surface area contributed by atoms with Gasteiger partial charge in [-0.3, -0.25) is 0 Å². The highest BCUT2D eigenvalue weighted by atomic mass is 79.9. The maximum atomic E-state index is 3.71. The summed E-state index contributed by atoms with van der Waals surface area (Å²) in [7, 11) is 0. The zero-order valence-electron chi connectivity index (χ0n) is 10.1. The summed E-state index contributed by atoms with van der Waals surface area (Å²) in [6.07, 6.45) is 4.88. The number of fused-ring (bicyclic) bond motifs is 1. The lowest BCUT2D eigenvalue weighted by Crippen LogP contribution is -2.39. The quantitative estimate of drug-likeness (QED) is 0.891. The monoisotopic (exact) mass is 281 g/mol. The van der Waals surface area contributed by atoms with Gasteiger partial charge in [-0.2, -0.15) is 0 Å². The Morgan fingerprint density at radius 1 is 1.44 bits per heavy atom. The molecule has 2 heteroatoms. The zero-order chi connectivity index (χ0) is 11.5. The van der Waals surface area contributed by atoms with E-state index in [0.29, 0.717) is 12.1 Å². The molecule has 0 saturated heterocycles. The van der Waals surface area contributed by atoms with E-state index >= 15 is 0 Å². The molecule has 2 unspecified atom stereocenters. The largest absolute Gasteiger partial charge is 0.311 e. The molecule has 0 spiro atoms. The average Bonchev–Trinajstić information content (AvgIpc) is 2.29. The topological polar surface area (TPSA) is 12.0 Å². The predicted molar refractivity (Wildman–Crippen MR) is 72.8 cm³/mol. The third-order valence-electron chi connectivity index (χ3n) is 3.53. The molecule has 0 bridgehead atoms.